The van der Waals surface area contributed by atoms with Gasteiger partial charge in [0.1, 0.15) is 17.1 Å². The number of nitrogens with one attached hydrogen (secondary N) is 1. The van der Waals surface area contributed by atoms with Crippen LogP contribution in [0.25, 0.3) is 11.3 Å². The molecule has 0 saturated carbocycles. The van der Waals surface area contributed by atoms with Crippen LogP contribution in [0.5, 0.6) is 0 Å². The zero-order chi connectivity index (χ0) is 14.1. The Bertz CT molecular complexity index is 727. The van der Waals surface area contributed by atoms with Crippen molar-refractivity contribution in [2.75, 3.05) is 11.1 Å². The molecule has 3 N–H and O–H groups in total. The lowest BCUT2D eigenvalue weighted by atomic mass is 10.2. The van der Waals surface area contributed by atoms with Crippen LogP contribution in [0.1, 0.15) is 10.8 Å². The van der Waals surface area contributed by atoms with Crippen molar-refractivity contribution in [3.8, 4) is 11.3 Å². The highest BCUT2D eigenvalue weighted by atomic mass is 32.1. The Morgan fingerprint density at radius 1 is 1.45 bits per heavy atom. The molecule has 3 aromatic rings. The van der Waals surface area contributed by atoms with E-state index in [1.807, 2.05) is 23.9 Å². The van der Waals surface area contributed by atoms with Crippen LogP contribution in [-0.2, 0) is 13.6 Å². The Labute approximate surface area is 123 Å². The fourth-order valence-electron chi connectivity index (χ4n) is 1.78. The second kappa shape index (κ2) is 5.17. The van der Waals surface area contributed by atoms with Gasteiger partial charge in [0, 0.05) is 12.4 Å². The van der Waals surface area contributed by atoms with E-state index in [1.54, 1.807) is 17.7 Å². The van der Waals surface area contributed by atoms with Gasteiger partial charge >= 0.3 is 0 Å². The number of thiazole rings is 1. The Morgan fingerprint density at radius 2 is 2.30 bits per heavy atom. The third-order valence-corrected chi connectivity index (χ3v) is 4.40. The van der Waals surface area contributed by atoms with Crippen molar-refractivity contribution in [3.05, 3.63) is 22.5 Å². The molecule has 3 rings (SSSR count). The van der Waals surface area contributed by atoms with Crippen LogP contribution in [0.3, 0.4) is 0 Å². The summed E-state index contributed by atoms with van der Waals surface area (Å²) in [7, 11) is 1.91. The zero-order valence-corrected chi connectivity index (χ0v) is 12.6. The second-order valence-electron chi connectivity index (χ2n) is 4.24. The van der Waals surface area contributed by atoms with E-state index in [0.29, 0.717) is 12.4 Å². The molecule has 104 valence electrons. The maximum atomic E-state index is 5.95. The minimum atomic E-state index is 0.501. The zero-order valence-electron chi connectivity index (χ0n) is 11.0. The van der Waals surface area contributed by atoms with E-state index in [4.69, 9.17) is 5.73 Å². The Hall–Kier alpha value is -2.00. The van der Waals surface area contributed by atoms with Crippen molar-refractivity contribution in [2.45, 2.75) is 13.5 Å². The molecule has 7 nitrogen and oxygen atoms in total. The van der Waals surface area contributed by atoms with Gasteiger partial charge in [-0.25, -0.2) is 4.98 Å². The van der Waals surface area contributed by atoms with Crippen molar-refractivity contribution < 1.29 is 0 Å². The predicted octanol–water partition coefficient (Wildman–Crippen LogP) is 1.90. The molecule has 3 heterocycles. The summed E-state index contributed by atoms with van der Waals surface area (Å²) in [5, 5.41) is 15.1. The molecule has 0 unspecified atom stereocenters. The summed E-state index contributed by atoms with van der Waals surface area (Å²) in [5.74, 6) is 1.35. The van der Waals surface area contributed by atoms with Crippen molar-refractivity contribution in [2.24, 2.45) is 7.05 Å². The largest absolute Gasteiger partial charge is 0.382 e. The first kappa shape index (κ1) is 13.0. The normalized spacial score (nSPS) is 10.9. The van der Waals surface area contributed by atoms with Gasteiger partial charge in [-0.3, -0.25) is 0 Å². The number of nitrogen functional groups attached to an aromatic ring is 1. The standard InChI is InChI=1S/C11H13N7S2/c1-6-15-7(4-19-6)9-10(12)17-20-11(9)13-3-8-16-14-5-18(8)2/h4-5,13H,3H2,1-2H3,(H2,12,17). The number of nitrogens with zero attached hydrogens (tertiary/aromatic N) is 5. The van der Waals surface area contributed by atoms with E-state index in [2.05, 4.69) is 24.9 Å². The molecule has 0 amide bonds. The van der Waals surface area contributed by atoms with Crippen LogP contribution in [0.15, 0.2) is 11.7 Å². The molecule has 20 heavy (non-hydrogen) atoms. The number of hydrogen-bond acceptors (Lipinski definition) is 8. The summed E-state index contributed by atoms with van der Waals surface area (Å²) in [6.45, 7) is 2.53. The molecule has 0 aliphatic carbocycles. The minimum Gasteiger partial charge on any atom is -0.382 e. The lowest BCUT2D eigenvalue weighted by Gasteiger charge is -2.05. The van der Waals surface area contributed by atoms with Gasteiger partial charge in [0.15, 0.2) is 5.82 Å². The molecule has 0 aliphatic heterocycles. The third kappa shape index (κ3) is 2.37. The number of anilines is 2. The van der Waals surface area contributed by atoms with Gasteiger partial charge in [-0.2, -0.15) is 4.37 Å². The average Bonchev–Trinajstić information content (AvgIpc) is 3.09. The number of hydrogen-bond donors (Lipinski definition) is 2. The average molecular weight is 307 g/mol. The van der Waals surface area contributed by atoms with E-state index >= 15 is 0 Å². The van der Waals surface area contributed by atoms with Gasteiger partial charge in [0.25, 0.3) is 0 Å². The smallest absolute Gasteiger partial charge is 0.151 e. The maximum absolute atomic E-state index is 5.95. The van der Waals surface area contributed by atoms with Crippen molar-refractivity contribution >= 4 is 33.7 Å². The minimum absolute atomic E-state index is 0.501. The van der Waals surface area contributed by atoms with Gasteiger partial charge in [-0.05, 0) is 18.5 Å². The molecule has 0 atom stereocenters. The fourth-order valence-corrected chi connectivity index (χ4v) is 3.10. The van der Waals surface area contributed by atoms with Gasteiger partial charge < -0.3 is 15.6 Å². The first-order chi connectivity index (χ1) is 9.65. The van der Waals surface area contributed by atoms with Gasteiger partial charge in [-0.15, -0.1) is 21.5 Å². The quantitative estimate of drug-likeness (QED) is 0.764. The molecular formula is C11H13N7S2. The van der Waals surface area contributed by atoms with E-state index in [9.17, 15) is 0 Å². The fraction of sp³-hybridized carbons (Fsp3) is 0.273. The highest BCUT2D eigenvalue weighted by molar-refractivity contribution is 7.11. The maximum Gasteiger partial charge on any atom is 0.151 e. The summed E-state index contributed by atoms with van der Waals surface area (Å²) >= 11 is 2.92. The summed E-state index contributed by atoms with van der Waals surface area (Å²) in [4.78, 5) is 4.47. The number of aromatic nitrogens is 5. The van der Waals surface area contributed by atoms with Crippen LogP contribution < -0.4 is 11.1 Å². The Morgan fingerprint density at radius 3 is 2.95 bits per heavy atom. The molecular weight excluding hydrogens is 294 g/mol. The highest BCUT2D eigenvalue weighted by Crippen LogP contribution is 2.37. The highest BCUT2D eigenvalue weighted by Gasteiger charge is 2.16. The van der Waals surface area contributed by atoms with Crippen LogP contribution in [0.4, 0.5) is 10.8 Å². The molecule has 3 aromatic heterocycles. The molecule has 0 bridgehead atoms. The van der Waals surface area contributed by atoms with E-state index < -0.39 is 0 Å². The molecule has 0 saturated heterocycles. The van der Waals surface area contributed by atoms with Gasteiger partial charge in [-0.1, -0.05) is 0 Å². The lowest BCUT2D eigenvalue weighted by Crippen LogP contribution is -2.05. The van der Waals surface area contributed by atoms with Crippen molar-refractivity contribution in [3.63, 3.8) is 0 Å². The molecule has 0 aliphatic rings. The van der Waals surface area contributed by atoms with Gasteiger partial charge in [0.2, 0.25) is 0 Å². The first-order valence-corrected chi connectivity index (χ1v) is 7.55. The van der Waals surface area contributed by atoms with Crippen LogP contribution in [0.2, 0.25) is 0 Å². The SMILES string of the molecule is Cc1nc(-c2c(N)nsc2NCc2nncn2C)cs1. The van der Waals surface area contributed by atoms with Gasteiger partial charge in [0.05, 0.1) is 22.8 Å². The first-order valence-electron chi connectivity index (χ1n) is 5.89. The third-order valence-electron chi connectivity index (χ3n) is 2.81. The van der Waals surface area contributed by atoms with E-state index in [-0.39, 0.29) is 0 Å². The second-order valence-corrected chi connectivity index (χ2v) is 6.07. The summed E-state index contributed by atoms with van der Waals surface area (Å²) < 4.78 is 6.07. The Kier molecular flexibility index (Phi) is 3.36. The number of aryl methyl sites for hydroxylation is 2. The number of nitrogens with two attached hydrogens (primary N) is 1. The molecule has 9 heteroatoms. The van der Waals surface area contributed by atoms with Crippen LogP contribution >= 0.6 is 22.9 Å². The topological polar surface area (TPSA) is 94.5 Å². The summed E-state index contributed by atoms with van der Waals surface area (Å²) in [6.07, 6.45) is 1.67. The van der Waals surface area contributed by atoms with E-state index in [0.717, 1.165) is 27.1 Å². The Balaban J connectivity index is 1.86. The van der Waals surface area contributed by atoms with E-state index in [1.165, 1.54) is 11.5 Å². The van der Waals surface area contributed by atoms with Crippen LogP contribution in [-0.4, -0.2) is 24.1 Å². The summed E-state index contributed by atoms with van der Waals surface area (Å²) in [5.41, 5.74) is 7.68. The summed E-state index contributed by atoms with van der Waals surface area (Å²) in [6, 6.07) is 0. The van der Waals surface area contributed by atoms with Crippen LogP contribution in [0, 0.1) is 6.92 Å². The molecule has 0 fully saturated rings. The van der Waals surface area contributed by atoms with Crippen molar-refractivity contribution in [1.29, 1.82) is 0 Å². The number of rotatable bonds is 4. The molecule has 0 aromatic carbocycles. The van der Waals surface area contributed by atoms with Crippen molar-refractivity contribution in [1.82, 2.24) is 24.1 Å². The lowest BCUT2D eigenvalue weighted by molar-refractivity contribution is 0.813. The molecule has 0 spiro atoms. The predicted molar refractivity (Wildman–Crippen MR) is 80.7 cm³/mol. The molecule has 0 radical (unpaired) electrons. The monoisotopic (exact) mass is 307 g/mol.